The Bertz CT molecular complexity index is 418. The van der Waals surface area contributed by atoms with E-state index in [4.69, 9.17) is 10.8 Å². The summed E-state index contributed by atoms with van der Waals surface area (Å²) >= 11 is 0. The van der Waals surface area contributed by atoms with E-state index in [9.17, 15) is 9.90 Å². The largest absolute Gasteiger partial charge is 0.505 e. The SMILES string of the molecule is C=CCN(CCO)C(=O)c1cccc(N)c1O. The lowest BCUT2D eigenvalue weighted by atomic mass is 10.1. The third-order valence-corrected chi connectivity index (χ3v) is 2.30. The summed E-state index contributed by atoms with van der Waals surface area (Å²) in [6.07, 6.45) is 1.55. The molecule has 17 heavy (non-hydrogen) atoms. The Balaban J connectivity index is 3.00. The van der Waals surface area contributed by atoms with E-state index in [1.165, 1.54) is 17.0 Å². The number of aliphatic hydroxyl groups is 1. The van der Waals surface area contributed by atoms with E-state index in [1.54, 1.807) is 12.1 Å². The second kappa shape index (κ2) is 5.91. The molecule has 1 amide bonds. The first kappa shape index (κ1) is 13.1. The summed E-state index contributed by atoms with van der Waals surface area (Å²) in [5, 5.41) is 18.6. The smallest absolute Gasteiger partial charge is 0.258 e. The summed E-state index contributed by atoms with van der Waals surface area (Å²) in [5.41, 5.74) is 5.79. The van der Waals surface area contributed by atoms with Crippen molar-refractivity contribution >= 4 is 11.6 Å². The molecule has 0 unspecified atom stereocenters. The molecule has 0 bridgehead atoms. The van der Waals surface area contributed by atoms with Crippen molar-refractivity contribution in [3.05, 3.63) is 36.4 Å². The number of benzene rings is 1. The molecule has 0 spiro atoms. The van der Waals surface area contributed by atoms with Gasteiger partial charge in [-0.3, -0.25) is 4.79 Å². The van der Waals surface area contributed by atoms with Gasteiger partial charge >= 0.3 is 0 Å². The number of carbonyl (C=O) groups is 1. The van der Waals surface area contributed by atoms with E-state index in [0.717, 1.165) is 0 Å². The fraction of sp³-hybridized carbons (Fsp3) is 0.250. The Hall–Kier alpha value is -2.01. The first-order valence-corrected chi connectivity index (χ1v) is 5.20. The second-order valence-corrected chi connectivity index (χ2v) is 3.51. The highest BCUT2D eigenvalue weighted by Gasteiger charge is 2.18. The van der Waals surface area contributed by atoms with Gasteiger partial charge in [0.1, 0.15) is 0 Å². The zero-order chi connectivity index (χ0) is 12.8. The number of aromatic hydroxyl groups is 1. The van der Waals surface area contributed by atoms with Crippen molar-refractivity contribution in [2.45, 2.75) is 0 Å². The quantitative estimate of drug-likeness (QED) is 0.397. The molecule has 1 aromatic rings. The number of hydrogen-bond acceptors (Lipinski definition) is 4. The van der Waals surface area contributed by atoms with Crippen LogP contribution in [-0.4, -0.2) is 40.7 Å². The number of para-hydroxylation sites is 1. The minimum atomic E-state index is -0.385. The second-order valence-electron chi connectivity index (χ2n) is 3.51. The molecule has 1 aromatic carbocycles. The van der Waals surface area contributed by atoms with E-state index < -0.39 is 0 Å². The van der Waals surface area contributed by atoms with Crippen LogP contribution in [0, 0.1) is 0 Å². The lowest BCUT2D eigenvalue weighted by Crippen LogP contribution is -2.33. The van der Waals surface area contributed by atoms with Gasteiger partial charge in [-0.15, -0.1) is 6.58 Å². The van der Waals surface area contributed by atoms with Crippen molar-refractivity contribution < 1.29 is 15.0 Å². The third-order valence-electron chi connectivity index (χ3n) is 2.30. The number of anilines is 1. The Labute approximate surface area is 99.8 Å². The van der Waals surface area contributed by atoms with Gasteiger partial charge in [-0.2, -0.15) is 0 Å². The van der Waals surface area contributed by atoms with Crippen molar-refractivity contribution in [1.82, 2.24) is 4.90 Å². The zero-order valence-corrected chi connectivity index (χ0v) is 9.47. The summed E-state index contributed by atoms with van der Waals surface area (Å²) in [6, 6.07) is 4.59. The highest BCUT2D eigenvalue weighted by Crippen LogP contribution is 2.25. The molecule has 4 N–H and O–H groups in total. The van der Waals surface area contributed by atoms with Crippen LogP contribution in [0.2, 0.25) is 0 Å². The molecule has 0 atom stereocenters. The molecule has 92 valence electrons. The van der Waals surface area contributed by atoms with Gasteiger partial charge in [0.15, 0.2) is 5.75 Å². The molecule has 5 heteroatoms. The number of hydrogen-bond donors (Lipinski definition) is 3. The number of phenolic OH excluding ortho intramolecular Hbond substituents is 1. The van der Waals surface area contributed by atoms with Crippen LogP contribution in [0.15, 0.2) is 30.9 Å². The summed E-state index contributed by atoms with van der Waals surface area (Å²) in [7, 11) is 0. The van der Waals surface area contributed by atoms with Crippen LogP contribution in [0.4, 0.5) is 5.69 Å². The Morgan fingerprint density at radius 1 is 1.53 bits per heavy atom. The lowest BCUT2D eigenvalue weighted by molar-refractivity contribution is 0.0740. The van der Waals surface area contributed by atoms with Crippen LogP contribution in [0.3, 0.4) is 0 Å². The average molecular weight is 236 g/mol. The average Bonchev–Trinajstić information content (AvgIpc) is 2.31. The van der Waals surface area contributed by atoms with E-state index in [-0.39, 0.29) is 36.1 Å². The van der Waals surface area contributed by atoms with E-state index in [1.807, 2.05) is 0 Å². The van der Waals surface area contributed by atoms with Crippen LogP contribution in [0.25, 0.3) is 0 Å². The predicted octanol–water partition coefficient (Wildman–Crippen LogP) is 0.595. The van der Waals surface area contributed by atoms with Crippen molar-refractivity contribution in [2.75, 3.05) is 25.4 Å². The molecule has 0 heterocycles. The molecule has 5 nitrogen and oxygen atoms in total. The first-order valence-electron chi connectivity index (χ1n) is 5.20. The highest BCUT2D eigenvalue weighted by atomic mass is 16.3. The maximum atomic E-state index is 12.0. The van der Waals surface area contributed by atoms with Gasteiger partial charge in [0, 0.05) is 13.1 Å². The topological polar surface area (TPSA) is 86.8 Å². The van der Waals surface area contributed by atoms with Crippen LogP contribution in [0.5, 0.6) is 5.75 Å². The molecular formula is C12H16N2O3. The van der Waals surface area contributed by atoms with Gasteiger partial charge in [-0.1, -0.05) is 12.1 Å². The van der Waals surface area contributed by atoms with Gasteiger partial charge in [-0.25, -0.2) is 0 Å². The summed E-state index contributed by atoms with van der Waals surface area (Å²) in [4.78, 5) is 13.4. The van der Waals surface area contributed by atoms with Gasteiger partial charge in [-0.05, 0) is 12.1 Å². The number of phenols is 1. The standard InChI is InChI=1S/C12H16N2O3/c1-2-6-14(7-8-15)12(17)9-4-3-5-10(13)11(9)16/h2-5,15-16H,1,6-8,13H2. The molecule has 0 aliphatic carbocycles. The van der Waals surface area contributed by atoms with Crippen LogP contribution < -0.4 is 5.73 Å². The molecule has 0 aromatic heterocycles. The number of nitrogens with zero attached hydrogens (tertiary/aromatic N) is 1. The van der Waals surface area contributed by atoms with Gasteiger partial charge < -0.3 is 20.8 Å². The van der Waals surface area contributed by atoms with Crippen molar-refractivity contribution in [3.63, 3.8) is 0 Å². The van der Waals surface area contributed by atoms with Crippen molar-refractivity contribution in [3.8, 4) is 5.75 Å². The van der Waals surface area contributed by atoms with Gasteiger partial charge in [0.05, 0.1) is 17.9 Å². The molecule has 0 saturated carbocycles. The van der Waals surface area contributed by atoms with Gasteiger partial charge in [0.25, 0.3) is 5.91 Å². The monoisotopic (exact) mass is 236 g/mol. The summed E-state index contributed by atoms with van der Waals surface area (Å²) in [6.45, 7) is 3.86. The Morgan fingerprint density at radius 2 is 2.24 bits per heavy atom. The van der Waals surface area contributed by atoms with Crippen molar-refractivity contribution in [2.24, 2.45) is 0 Å². The highest BCUT2D eigenvalue weighted by molar-refractivity contribution is 5.98. The Morgan fingerprint density at radius 3 is 2.82 bits per heavy atom. The Kier molecular flexibility index (Phi) is 4.54. The molecule has 0 aliphatic rings. The molecule has 0 fully saturated rings. The normalized spacial score (nSPS) is 9.94. The molecule has 1 rings (SSSR count). The number of nitrogens with two attached hydrogens (primary N) is 1. The minimum absolute atomic E-state index is 0.125. The predicted molar refractivity (Wildman–Crippen MR) is 65.7 cm³/mol. The maximum Gasteiger partial charge on any atom is 0.258 e. The number of aliphatic hydroxyl groups excluding tert-OH is 1. The number of rotatable bonds is 5. The third kappa shape index (κ3) is 2.98. The van der Waals surface area contributed by atoms with Crippen molar-refractivity contribution in [1.29, 1.82) is 0 Å². The van der Waals surface area contributed by atoms with Crippen LogP contribution >= 0.6 is 0 Å². The first-order chi connectivity index (χ1) is 8.11. The number of carbonyl (C=O) groups excluding carboxylic acids is 1. The van der Waals surface area contributed by atoms with Gasteiger partial charge in [0.2, 0.25) is 0 Å². The van der Waals surface area contributed by atoms with E-state index >= 15 is 0 Å². The molecular weight excluding hydrogens is 220 g/mol. The fourth-order valence-corrected chi connectivity index (χ4v) is 1.46. The van der Waals surface area contributed by atoms with E-state index in [0.29, 0.717) is 6.54 Å². The molecule has 0 radical (unpaired) electrons. The fourth-order valence-electron chi connectivity index (χ4n) is 1.46. The summed E-state index contributed by atoms with van der Waals surface area (Å²) in [5.74, 6) is -0.617. The van der Waals surface area contributed by atoms with Crippen LogP contribution in [-0.2, 0) is 0 Å². The van der Waals surface area contributed by atoms with Crippen LogP contribution in [0.1, 0.15) is 10.4 Å². The maximum absolute atomic E-state index is 12.0. The van der Waals surface area contributed by atoms with E-state index in [2.05, 4.69) is 6.58 Å². The number of nitrogen functional groups attached to an aromatic ring is 1. The molecule has 0 aliphatic heterocycles. The number of amides is 1. The molecule has 0 saturated heterocycles. The minimum Gasteiger partial charge on any atom is -0.505 e. The summed E-state index contributed by atoms with van der Waals surface area (Å²) < 4.78 is 0. The lowest BCUT2D eigenvalue weighted by Gasteiger charge is -2.20. The zero-order valence-electron chi connectivity index (χ0n) is 9.47.